The van der Waals surface area contributed by atoms with Gasteiger partial charge in [-0.3, -0.25) is 9.69 Å². The van der Waals surface area contributed by atoms with E-state index in [0.717, 1.165) is 30.9 Å². The van der Waals surface area contributed by atoms with Gasteiger partial charge in [-0.1, -0.05) is 29.3 Å². The first-order valence-electron chi connectivity index (χ1n) is 15.4. The van der Waals surface area contributed by atoms with Crippen LogP contribution in [-0.4, -0.2) is 99.1 Å². The summed E-state index contributed by atoms with van der Waals surface area (Å²) in [5.74, 6) is -4.12. The molecule has 10 nitrogen and oxygen atoms in total. The quantitative estimate of drug-likeness (QED) is 0.350. The fourth-order valence-corrected chi connectivity index (χ4v) is 8.85. The van der Waals surface area contributed by atoms with Gasteiger partial charge >= 0.3 is 11.9 Å². The van der Waals surface area contributed by atoms with Gasteiger partial charge in [0.25, 0.3) is 0 Å². The molecule has 0 aliphatic carbocycles. The van der Waals surface area contributed by atoms with Gasteiger partial charge in [-0.05, 0) is 51.3 Å². The average molecular weight is 675 g/mol. The number of dihydropyridines is 1. The Morgan fingerprint density at radius 2 is 1.56 bits per heavy atom. The van der Waals surface area contributed by atoms with Crippen LogP contribution in [0.25, 0.3) is 0 Å². The minimum Gasteiger partial charge on any atom is -0.478 e. The van der Waals surface area contributed by atoms with E-state index in [2.05, 4.69) is 27.1 Å². The summed E-state index contributed by atoms with van der Waals surface area (Å²) in [6, 6.07) is 6.53. The van der Waals surface area contributed by atoms with Crippen LogP contribution in [0.15, 0.2) is 52.3 Å². The summed E-state index contributed by atoms with van der Waals surface area (Å²) in [5, 5.41) is 27.0. The van der Waals surface area contributed by atoms with Gasteiger partial charge < -0.3 is 25.3 Å². The average Bonchev–Trinajstić information content (AvgIpc) is 3.58. The molecule has 1 aromatic heterocycles. The van der Waals surface area contributed by atoms with Crippen LogP contribution >= 0.6 is 34.5 Å². The Hall–Kier alpha value is -2.96. The van der Waals surface area contributed by atoms with Gasteiger partial charge in [-0.2, -0.15) is 0 Å². The number of hydrogen-bond acceptors (Lipinski definition) is 8. The second kappa shape index (κ2) is 13.4. The number of fused-ring (bicyclic) bond motifs is 2. The molecule has 1 amide bonds. The molecular formula is C32H37Cl2N5O5S. The smallest absolute Gasteiger partial charge is 0.334 e. The second-order valence-electron chi connectivity index (χ2n) is 12.3. The molecule has 3 N–H and O–H groups in total. The van der Waals surface area contributed by atoms with Gasteiger partial charge in [0.15, 0.2) is 0 Å². The highest BCUT2D eigenvalue weighted by Crippen LogP contribution is 2.45. The SMILES string of the molecule is CN1C2CCC1CC(N1CCN(C(=O)CC3=C(C(=O)O)C(c4c(Cl)cccc4Cl)C(C(=O)O)=C(CCc4nccs4)N3)CC1)C2. The van der Waals surface area contributed by atoms with E-state index in [4.69, 9.17) is 23.2 Å². The molecule has 0 saturated carbocycles. The van der Waals surface area contributed by atoms with Crippen molar-refractivity contribution in [3.05, 3.63) is 72.9 Å². The lowest BCUT2D eigenvalue weighted by Gasteiger charge is -2.45. The standard InChI is InChI=1S/C32H37Cl2N5O5S/c1-37-18-5-6-19(37)16-20(15-18)38-10-12-39(13-11-38)26(40)17-24-29(32(43)44)30(27-21(33)3-2-4-22(27)34)28(31(41)42)23(36-24)7-8-25-35-9-14-45-25/h2-4,9,14,18-20,30,36H,5-8,10-13,15-17H2,1H3,(H,41,42)(H,43,44). The fraction of sp³-hybridized carbons (Fsp3) is 0.500. The minimum absolute atomic E-state index is 0.148. The third-order valence-corrected chi connectivity index (χ3v) is 11.4. The number of benzene rings is 1. The van der Waals surface area contributed by atoms with Gasteiger partial charge in [0.05, 0.1) is 28.5 Å². The monoisotopic (exact) mass is 673 g/mol. The molecule has 45 heavy (non-hydrogen) atoms. The summed E-state index contributed by atoms with van der Waals surface area (Å²) in [6.45, 7) is 2.67. The van der Waals surface area contributed by atoms with E-state index < -0.39 is 17.9 Å². The number of allylic oxidation sites excluding steroid dienone is 1. The number of aryl methyl sites for hydroxylation is 1. The zero-order chi connectivity index (χ0) is 31.8. The van der Waals surface area contributed by atoms with Crippen molar-refractivity contribution >= 4 is 52.4 Å². The van der Waals surface area contributed by atoms with Crippen molar-refractivity contribution in [3.63, 3.8) is 0 Å². The predicted octanol–water partition coefficient (Wildman–Crippen LogP) is 4.61. The van der Waals surface area contributed by atoms with Crippen molar-refractivity contribution < 1.29 is 24.6 Å². The van der Waals surface area contributed by atoms with Gasteiger partial charge in [0.1, 0.15) is 0 Å². The third-order valence-electron chi connectivity index (χ3n) is 9.94. The Bertz CT molecular complexity index is 1500. The van der Waals surface area contributed by atoms with E-state index in [1.165, 1.54) is 24.2 Å². The summed E-state index contributed by atoms with van der Waals surface area (Å²) in [6.07, 6.45) is 6.98. The molecule has 5 heterocycles. The number of carboxylic acid groups (broad SMARTS) is 2. The highest BCUT2D eigenvalue weighted by Gasteiger charge is 2.43. The van der Waals surface area contributed by atoms with E-state index in [0.29, 0.717) is 43.3 Å². The lowest BCUT2D eigenvalue weighted by molar-refractivity contribution is -0.133. The van der Waals surface area contributed by atoms with Crippen LogP contribution in [0.4, 0.5) is 0 Å². The van der Waals surface area contributed by atoms with Crippen LogP contribution in [-0.2, 0) is 20.8 Å². The molecule has 3 atom stereocenters. The number of carbonyl (C=O) groups is 3. The largest absolute Gasteiger partial charge is 0.478 e. The predicted molar refractivity (Wildman–Crippen MR) is 172 cm³/mol. The van der Waals surface area contributed by atoms with Crippen molar-refractivity contribution in [3.8, 4) is 0 Å². The van der Waals surface area contributed by atoms with E-state index >= 15 is 0 Å². The van der Waals surface area contributed by atoms with Gasteiger partial charge in [0, 0.05) is 89.3 Å². The highest BCUT2D eigenvalue weighted by molar-refractivity contribution is 7.09. The summed E-state index contributed by atoms with van der Waals surface area (Å²) in [5.41, 5.74) is 0.259. The van der Waals surface area contributed by atoms with Crippen molar-refractivity contribution in [2.24, 2.45) is 0 Å². The van der Waals surface area contributed by atoms with Gasteiger partial charge in [-0.25, -0.2) is 14.6 Å². The fourth-order valence-electron chi connectivity index (χ4n) is 7.62. The number of nitrogens with zero attached hydrogens (tertiary/aromatic N) is 4. The number of thiazole rings is 1. The molecule has 0 radical (unpaired) electrons. The molecule has 3 unspecified atom stereocenters. The summed E-state index contributed by atoms with van der Waals surface area (Å²) >= 11 is 14.6. The lowest BCUT2D eigenvalue weighted by Crippen LogP contribution is -2.56. The van der Waals surface area contributed by atoms with Gasteiger partial charge in [0.2, 0.25) is 5.91 Å². The molecule has 6 rings (SSSR count). The number of piperidine rings is 1. The van der Waals surface area contributed by atoms with Gasteiger partial charge in [-0.15, -0.1) is 11.3 Å². The molecule has 240 valence electrons. The Morgan fingerprint density at radius 1 is 0.933 bits per heavy atom. The van der Waals surface area contributed by atoms with Crippen LogP contribution in [0.3, 0.4) is 0 Å². The Kier molecular flexibility index (Phi) is 9.54. The number of amides is 1. The maximum absolute atomic E-state index is 13.8. The third kappa shape index (κ3) is 6.51. The molecular weight excluding hydrogens is 637 g/mol. The summed E-state index contributed by atoms with van der Waals surface area (Å²) in [4.78, 5) is 50.6. The molecule has 4 aliphatic rings. The zero-order valence-corrected chi connectivity index (χ0v) is 27.4. The molecule has 4 aliphatic heterocycles. The Morgan fingerprint density at radius 3 is 2.13 bits per heavy atom. The first kappa shape index (κ1) is 32.0. The maximum atomic E-state index is 13.8. The Balaban J connectivity index is 1.26. The number of rotatable bonds is 9. The van der Waals surface area contributed by atoms with Crippen LogP contribution in [0.1, 0.15) is 55.0 Å². The molecule has 13 heteroatoms. The van der Waals surface area contributed by atoms with E-state index in [9.17, 15) is 24.6 Å². The molecule has 1 aromatic carbocycles. The van der Waals surface area contributed by atoms with Crippen molar-refractivity contribution in [2.45, 2.75) is 69.0 Å². The number of carboxylic acids is 2. The van der Waals surface area contributed by atoms with Crippen LogP contribution < -0.4 is 5.32 Å². The summed E-state index contributed by atoms with van der Waals surface area (Å²) < 4.78 is 0. The number of halogens is 2. The van der Waals surface area contributed by atoms with Crippen molar-refractivity contribution in [1.82, 2.24) is 25.0 Å². The van der Waals surface area contributed by atoms with Crippen molar-refractivity contribution in [1.29, 1.82) is 0 Å². The first-order valence-corrected chi connectivity index (χ1v) is 17.0. The number of hydrogen-bond donors (Lipinski definition) is 3. The van der Waals surface area contributed by atoms with E-state index in [-0.39, 0.29) is 51.2 Å². The number of aromatic nitrogens is 1. The number of aliphatic carboxylic acids is 2. The van der Waals surface area contributed by atoms with Crippen LogP contribution in [0.2, 0.25) is 10.0 Å². The molecule has 3 fully saturated rings. The minimum atomic E-state index is -1.34. The number of piperazine rings is 1. The lowest BCUT2D eigenvalue weighted by atomic mass is 9.79. The highest BCUT2D eigenvalue weighted by atomic mass is 35.5. The molecule has 0 spiro atoms. The zero-order valence-electron chi connectivity index (χ0n) is 25.0. The van der Waals surface area contributed by atoms with E-state index in [1.54, 1.807) is 29.3 Å². The van der Waals surface area contributed by atoms with E-state index in [1.807, 2.05) is 5.38 Å². The van der Waals surface area contributed by atoms with Crippen LogP contribution in [0, 0.1) is 0 Å². The Labute approximate surface area is 276 Å². The molecule has 2 bridgehead atoms. The topological polar surface area (TPSA) is 126 Å². The number of nitrogens with one attached hydrogen (secondary N) is 1. The number of carbonyl (C=O) groups excluding carboxylic acids is 1. The van der Waals surface area contributed by atoms with Crippen LogP contribution in [0.5, 0.6) is 0 Å². The maximum Gasteiger partial charge on any atom is 0.334 e. The molecule has 3 saturated heterocycles. The second-order valence-corrected chi connectivity index (χ2v) is 14.1. The normalized spacial score (nSPS) is 25.9. The summed E-state index contributed by atoms with van der Waals surface area (Å²) in [7, 11) is 2.23. The first-order chi connectivity index (χ1) is 21.6. The van der Waals surface area contributed by atoms with Crippen molar-refractivity contribution in [2.75, 3.05) is 33.2 Å². The molecule has 2 aromatic rings.